The van der Waals surface area contributed by atoms with E-state index in [2.05, 4.69) is 23.5 Å². The predicted octanol–water partition coefficient (Wildman–Crippen LogP) is 4.61. The Morgan fingerprint density at radius 2 is 1.68 bits per heavy atom. The number of carbonyl (C=O) groups is 1. The van der Waals surface area contributed by atoms with Crippen molar-refractivity contribution in [2.24, 2.45) is 5.73 Å². The summed E-state index contributed by atoms with van der Waals surface area (Å²) in [5, 5.41) is 2.58. The van der Waals surface area contributed by atoms with Crippen LogP contribution in [0.2, 0.25) is 0 Å². The molecule has 5 heteroatoms. The minimum absolute atomic E-state index is 0.545. The van der Waals surface area contributed by atoms with Gasteiger partial charge in [-0.05, 0) is 59.0 Å². The number of carbonyl (C=O) groups excluding carboxylic acids is 1. The van der Waals surface area contributed by atoms with Gasteiger partial charge in [-0.1, -0.05) is 42.5 Å². The largest absolute Gasteiger partial charge is 0.497 e. The first kappa shape index (κ1) is 19.5. The molecule has 0 spiro atoms. The highest BCUT2D eigenvalue weighted by Crippen LogP contribution is 2.23. The van der Waals surface area contributed by atoms with Crippen molar-refractivity contribution in [3.63, 3.8) is 0 Å². The molecule has 0 bridgehead atoms. The molecule has 0 fully saturated rings. The van der Waals surface area contributed by atoms with Gasteiger partial charge in [0.1, 0.15) is 5.75 Å². The first-order valence-electron chi connectivity index (χ1n) is 9.10. The summed E-state index contributed by atoms with van der Waals surface area (Å²) >= 11 is 0. The van der Waals surface area contributed by atoms with E-state index in [4.69, 9.17) is 15.2 Å². The van der Waals surface area contributed by atoms with Crippen LogP contribution >= 0.6 is 0 Å². The van der Waals surface area contributed by atoms with Crippen LogP contribution in [0.1, 0.15) is 11.1 Å². The molecule has 3 aromatic rings. The van der Waals surface area contributed by atoms with E-state index in [0.717, 1.165) is 34.4 Å². The van der Waals surface area contributed by atoms with Crippen molar-refractivity contribution in [2.75, 3.05) is 19.0 Å². The van der Waals surface area contributed by atoms with Crippen LogP contribution in [-0.2, 0) is 17.8 Å². The number of benzene rings is 3. The van der Waals surface area contributed by atoms with Gasteiger partial charge in [0.05, 0.1) is 20.3 Å². The number of anilines is 1. The summed E-state index contributed by atoms with van der Waals surface area (Å²) in [7, 11) is 1.66. The van der Waals surface area contributed by atoms with Crippen LogP contribution in [0.15, 0.2) is 72.8 Å². The summed E-state index contributed by atoms with van der Waals surface area (Å²) in [6.07, 6.45) is 0.756. The first-order valence-corrected chi connectivity index (χ1v) is 9.10. The van der Waals surface area contributed by atoms with Crippen molar-refractivity contribution in [1.29, 1.82) is 0 Å². The molecule has 144 valence electrons. The Morgan fingerprint density at radius 1 is 0.929 bits per heavy atom. The number of ether oxygens (including phenoxy) is 2. The quantitative estimate of drug-likeness (QED) is 0.564. The molecule has 0 radical (unpaired) electrons. The van der Waals surface area contributed by atoms with Crippen molar-refractivity contribution < 1.29 is 14.3 Å². The summed E-state index contributed by atoms with van der Waals surface area (Å²) < 4.78 is 11.1. The maximum absolute atomic E-state index is 10.9. The number of hydrogen-bond acceptors (Lipinski definition) is 3. The molecule has 0 heterocycles. The summed E-state index contributed by atoms with van der Waals surface area (Å²) in [5.41, 5.74) is 10.3. The van der Waals surface area contributed by atoms with E-state index in [0.29, 0.717) is 18.9 Å². The molecule has 0 unspecified atom stereocenters. The van der Waals surface area contributed by atoms with Crippen LogP contribution in [0.4, 0.5) is 10.5 Å². The van der Waals surface area contributed by atoms with Crippen LogP contribution < -0.4 is 15.8 Å². The molecule has 0 saturated carbocycles. The molecular formula is C23H24N2O3. The fourth-order valence-corrected chi connectivity index (χ4v) is 2.95. The molecule has 0 atom stereocenters. The molecule has 3 rings (SSSR count). The topological polar surface area (TPSA) is 73.6 Å². The molecule has 0 aliphatic carbocycles. The van der Waals surface area contributed by atoms with E-state index in [1.54, 1.807) is 13.2 Å². The molecule has 5 nitrogen and oxygen atoms in total. The van der Waals surface area contributed by atoms with Gasteiger partial charge in [-0.15, -0.1) is 0 Å². The minimum Gasteiger partial charge on any atom is -0.497 e. The predicted molar refractivity (Wildman–Crippen MR) is 111 cm³/mol. The number of primary amides is 1. The monoisotopic (exact) mass is 376 g/mol. The molecule has 0 aliphatic rings. The van der Waals surface area contributed by atoms with E-state index in [9.17, 15) is 4.79 Å². The van der Waals surface area contributed by atoms with Crippen LogP contribution in [0.5, 0.6) is 5.75 Å². The lowest BCUT2D eigenvalue weighted by molar-refractivity contribution is 0.124. The zero-order chi connectivity index (χ0) is 19.8. The Labute approximate surface area is 165 Å². The molecule has 0 aliphatic heterocycles. The second-order valence-electron chi connectivity index (χ2n) is 6.42. The average molecular weight is 376 g/mol. The third kappa shape index (κ3) is 5.59. The van der Waals surface area contributed by atoms with Crippen LogP contribution in [0, 0.1) is 0 Å². The molecule has 28 heavy (non-hydrogen) atoms. The Balaban J connectivity index is 1.53. The summed E-state index contributed by atoms with van der Waals surface area (Å²) in [6.45, 7) is 1.13. The van der Waals surface area contributed by atoms with Crippen LogP contribution in [0.3, 0.4) is 0 Å². The number of methoxy groups -OCH3 is 1. The Bertz CT molecular complexity index is 923. The van der Waals surface area contributed by atoms with Crippen molar-refractivity contribution in [1.82, 2.24) is 0 Å². The van der Waals surface area contributed by atoms with E-state index in [1.165, 1.54) is 0 Å². The molecule has 3 aromatic carbocycles. The number of rotatable bonds is 8. The second-order valence-corrected chi connectivity index (χ2v) is 6.42. The zero-order valence-corrected chi connectivity index (χ0v) is 15.9. The van der Waals surface area contributed by atoms with Crippen LogP contribution in [-0.4, -0.2) is 19.7 Å². The Morgan fingerprint density at radius 3 is 2.43 bits per heavy atom. The van der Waals surface area contributed by atoms with Gasteiger partial charge in [-0.25, -0.2) is 4.79 Å². The molecule has 0 saturated heterocycles. The summed E-state index contributed by atoms with van der Waals surface area (Å²) in [5.74, 6) is 0.846. The fraction of sp³-hybridized carbons (Fsp3) is 0.174. The number of amides is 2. The smallest absolute Gasteiger partial charge is 0.316 e. The molecule has 0 aromatic heterocycles. The van der Waals surface area contributed by atoms with E-state index in [1.807, 2.05) is 48.5 Å². The normalized spacial score (nSPS) is 10.5. The number of hydrogen-bond donors (Lipinski definition) is 2. The first-order chi connectivity index (χ1) is 13.6. The van der Waals surface area contributed by atoms with E-state index < -0.39 is 6.03 Å². The summed E-state index contributed by atoms with van der Waals surface area (Å²) in [6, 6.07) is 23.4. The lowest BCUT2D eigenvalue weighted by Gasteiger charge is -2.09. The zero-order valence-electron chi connectivity index (χ0n) is 15.9. The second kappa shape index (κ2) is 9.58. The fourth-order valence-electron chi connectivity index (χ4n) is 2.95. The lowest BCUT2D eigenvalue weighted by Crippen LogP contribution is -2.19. The van der Waals surface area contributed by atoms with Crippen molar-refractivity contribution in [3.05, 3.63) is 83.9 Å². The third-order valence-electron chi connectivity index (χ3n) is 4.35. The number of nitrogens with two attached hydrogens (primary N) is 1. The third-order valence-corrected chi connectivity index (χ3v) is 4.35. The Hall–Kier alpha value is -3.31. The van der Waals surface area contributed by atoms with Gasteiger partial charge in [0.15, 0.2) is 0 Å². The van der Waals surface area contributed by atoms with Gasteiger partial charge in [-0.2, -0.15) is 0 Å². The molecule has 2 amide bonds. The highest BCUT2D eigenvalue weighted by Gasteiger charge is 2.02. The van der Waals surface area contributed by atoms with Gasteiger partial charge in [-0.3, -0.25) is 0 Å². The summed E-state index contributed by atoms with van der Waals surface area (Å²) in [4.78, 5) is 10.9. The maximum atomic E-state index is 10.9. The maximum Gasteiger partial charge on any atom is 0.316 e. The number of urea groups is 1. The SMILES string of the molecule is COc1ccc(-c2cccc(COCCc3cccc(NC(N)=O)c3)c2)cc1. The highest BCUT2D eigenvalue weighted by molar-refractivity contribution is 5.87. The van der Waals surface area contributed by atoms with Gasteiger partial charge >= 0.3 is 6.03 Å². The van der Waals surface area contributed by atoms with Gasteiger partial charge in [0.2, 0.25) is 0 Å². The van der Waals surface area contributed by atoms with E-state index in [-0.39, 0.29) is 0 Å². The van der Waals surface area contributed by atoms with Gasteiger partial charge < -0.3 is 20.5 Å². The van der Waals surface area contributed by atoms with Crippen LogP contribution in [0.25, 0.3) is 11.1 Å². The highest BCUT2D eigenvalue weighted by atomic mass is 16.5. The standard InChI is InChI=1S/C23H24N2O3/c1-27-22-10-8-19(9-11-22)20-6-2-5-18(14-20)16-28-13-12-17-4-3-7-21(15-17)25-23(24)26/h2-11,14-15H,12-13,16H2,1H3,(H3,24,25,26). The van der Waals surface area contributed by atoms with Gasteiger partial charge in [0.25, 0.3) is 0 Å². The van der Waals surface area contributed by atoms with E-state index >= 15 is 0 Å². The Kier molecular flexibility index (Phi) is 6.65. The number of nitrogens with one attached hydrogen (secondary N) is 1. The van der Waals surface area contributed by atoms with Gasteiger partial charge in [0, 0.05) is 5.69 Å². The molecule has 3 N–H and O–H groups in total. The average Bonchev–Trinajstić information content (AvgIpc) is 2.71. The van der Waals surface area contributed by atoms with Crippen molar-refractivity contribution in [3.8, 4) is 16.9 Å². The minimum atomic E-state index is -0.565. The lowest BCUT2D eigenvalue weighted by atomic mass is 10.0. The van der Waals surface area contributed by atoms with Crippen molar-refractivity contribution in [2.45, 2.75) is 13.0 Å². The van der Waals surface area contributed by atoms with Crippen molar-refractivity contribution >= 4 is 11.7 Å². The molecular weight excluding hydrogens is 352 g/mol.